The molecule has 0 amide bonds. The van der Waals surface area contributed by atoms with Crippen LogP contribution in [0.1, 0.15) is 33.3 Å². The van der Waals surface area contributed by atoms with Gasteiger partial charge in [0.1, 0.15) is 12.7 Å². The first kappa shape index (κ1) is 21.6. The normalized spacial score (nSPS) is 23.5. The van der Waals surface area contributed by atoms with Gasteiger partial charge in [0.2, 0.25) is 5.88 Å². The van der Waals surface area contributed by atoms with Crippen molar-refractivity contribution in [2.75, 3.05) is 26.4 Å². The van der Waals surface area contributed by atoms with E-state index in [0.29, 0.717) is 38.9 Å². The van der Waals surface area contributed by atoms with Gasteiger partial charge in [0, 0.05) is 18.2 Å². The third-order valence-corrected chi connectivity index (χ3v) is 6.83. The van der Waals surface area contributed by atoms with Crippen LogP contribution in [0.15, 0.2) is 29.1 Å². The Labute approximate surface area is 187 Å². The molecule has 3 aliphatic heterocycles. The molecule has 2 saturated heterocycles. The smallest absolute Gasteiger partial charge is 0.475 e. The number of fused-ring (bicyclic) bond motifs is 3. The Balaban J connectivity index is 1.40. The van der Waals surface area contributed by atoms with Crippen LogP contribution in [0.4, 0.5) is 0 Å². The lowest BCUT2D eigenvalue weighted by Gasteiger charge is -2.32. The van der Waals surface area contributed by atoms with Gasteiger partial charge in [-0.3, -0.25) is 4.57 Å². The monoisotopic (exact) mass is 440 g/mol. The molecule has 0 unspecified atom stereocenters. The number of hydrogen-bond acceptors (Lipinski definition) is 7. The van der Waals surface area contributed by atoms with Gasteiger partial charge in [0.05, 0.1) is 36.7 Å². The number of ether oxygens (including phenoxy) is 3. The third-order valence-electron chi connectivity index (χ3n) is 6.83. The van der Waals surface area contributed by atoms with Gasteiger partial charge in [-0.2, -0.15) is 4.98 Å². The number of aryl methyl sites for hydroxylation is 1. The van der Waals surface area contributed by atoms with Crippen LogP contribution in [0, 0.1) is 0 Å². The molecule has 2 fully saturated rings. The van der Waals surface area contributed by atoms with E-state index in [1.165, 1.54) is 0 Å². The molecule has 0 saturated carbocycles. The molecule has 4 heterocycles. The van der Waals surface area contributed by atoms with Crippen molar-refractivity contribution in [3.8, 4) is 17.1 Å². The SMILES string of the molecule is CC1(C)OB(c2ccc3c(c2)CCn2c-3cc(OC[C@@H]3COCCO3)nc2=O)OC1(C)C. The zero-order valence-electron chi connectivity index (χ0n) is 19.1. The summed E-state index contributed by atoms with van der Waals surface area (Å²) in [6.45, 7) is 10.7. The van der Waals surface area contributed by atoms with Crippen LogP contribution < -0.4 is 15.9 Å². The van der Waals surface area contributed by atoms with Gasteiger partial charge < -0.3 is 23.5 Å². The largest absolute Gasteiger partial charge is 0.494 e. The molecule has 170 valence electrons. The van der Waals surface area contributed by atoms with E-state index in [-0.39, 0.29) is 11.8 Å². The standard InChI is InChI=1S/C23H29BN2O6/c1-22(2)23(3,4)32-24(31-22)16-5-6-18-15(11-16)7-8-26-19(18)12-20(25-21(26)27)30-14-17-13-28-9-10-29-17/h5-6,11-12,17H,7-10,13-14H2,1-4H3/t17-/m0/s1. The maximum atomic E-state index is 12.6. The molecule has 3 aliphatic rings. The second kappa shape index (κ2) is 7.99. The molecule has 32 heavy (non-hydrogen) atoms. The molecule has 1 aromatic carbocycles. The van der Waals surface area contributed by atoms with E-state index in [1.807, 2.05) is 45.9 Å². The lowest BCUT2D eigenvalue weighted by molar-refractivity contribution is -0.102. The van der Waals surface area contributed by atoms with Gasteiger partial charge in [0.15, 0.2) is 0 Å². The summed E-state index contributed by atoms with van der Waals surface area (Å²) in [5.74, 6) is 0.304. The maximum Gasteiger partial charge on any atom is 0.494 e. The maximum absolute atomic E-state index is 12.6. The van der Waals surface area contributed by atoms with Crippen molar-refractivity contribution in [1.82, 2.24) is 9.55 Å². The summed E-state index contributed by atoms with van der Waals surface area (Å²) in [6, 6.07) is 7.99. The molecule has 0 radical (unpaired) electrons. The molecule has 5 rings (SSSR count). The number of rotatable bonds is 4. The average Bonchev–Trinajstić information content (AvgIpc) is 2.99. The quantitative estimate of drug-likeness (QED) is 0.668. The summed E-state index contributed by atoms with van der Waals surface area (Å²) in [5.41, 5.74) is 2.85. The van der Waals surface area contributed by atoms with Gasteiger partial charge in [-0.1, -0.05) is 18.2 Å². The van der Waals surface area contributed by atoms with Gasteiger partial charge >= 0.3 is 12.8 Å². The lowest BCUT2D eigenvalue weighted by Crippen LogP contribution is -2.41. The zero-order valence-corrected chi connectivity index (χ0v) is 19.1. The van der Waals surface area contributed by atoms with Crippen LogP contribution in [0.25, 0.3) is 11.3 Å². The molecule has 0 spiro atoms. The van der Waals surface area contributed by atoms with Gasteiger partial charge in [-0.05, 0) is 45.1 Å². The van der Waals surface area contributed by atoms with Crippen LogP contribution in [-0.4, -0.2) is 60.4 Å². The summed E-state index contributed by atoms with van der Waals surface area (Å²) in [4.78, 5) is 16.7. The molecule has 9 heteroatoms. The van der Waals surface area contributed by atoms with Crippen molar-refractivity contribution in [3.63, 3.8) is 0 Å². The Morgan fingerprint density at radius 2 is 1.94 bits per heavy atom. The van der Waals surface area contributed by atoms with Crippen LogP contribution in [-0.2, 0) is 31.7 Å². The Morgan fingerprint density at radius 1 is 1.16 bits per heavy atom. The number of aromatic nitrogens is 2. The minimum atomic E-state index is -0.413. The zero-order chi connectivity index (χ0) is 22.5. The first-order valence-electron chi connectivity index (χ1n) is 11.2. The highest BCUT2D eigenvalue weighted by Crippen LogP contribution is 2.37. The topological polar surface area (TPSA) is 81.0 Å². The fourth-order valence-corrected chi connectivity index (χ4v) is 4.24. The Hall–Kier alpha value is -2.20. The van der Waals surface area contributed by atoms with Crippen molar-refractivity contribution in [1.29, 1.82) is 0 Å². The lowest BCUT2D eigenvalue weighted by atomic mass is 9.77. The Kier molecular flexibility index (Phi) is 5.40. The van der Waals surface area contributed by atoms with Crippen molar-refractivity contribution < 1.29 is 23.5 Å². The molecule has 1 aromatic heterocycles. The highest BCUT2D eigenvalue weighted by atomic mass is 16.7. The van der Waals surface area contributed by atoms with E-state index in [2.05, 4.69) is 11.1 Å². The number of benzene rings is 1. The highest BCUT2D eigenvalue weighted by molar-refractivity contribution is 6.62. The summed E-state index contributed by atoms with van der Waals surface area (Å²) in [6.07, 6.45) is 0.587. The Bertz CT molecular complexity index is 1060. The summed E-state index contributed by atoms with van der Waals surface area (Å²) < 4.78 is 30.9. The molecule has 1 atom stereocenters. The fraction of sp³-hybridized carbons (Fsp3) is 0.565. The summed E-state index contributed by atoms with van der Waals surface area (Å²) in [7, 11) is -0.413. The van der Waals surface area contributed by atoms with Crippen LogP contribution >= 0.6 is 0 Å². The average molecular weight is 440 g/mol. The minimum Gasteiger partial charge on any atom is -0.475 e. The molecule has 0 bridgehead atoms. The molecule has 0 N–H and O–H groups in total. The van der Waals surface area contributed by atoms with E-state index in [9.17, 15) is 4.79 Å². The van der Waals surface area contributed by atoms with Crippen molar-refractivity contribution >= 4 is 12.6 Å². The van der Waals surface area contributed by atoms with Gasteiger partial charge in [0.25, 0.3) is 0 Å². The molecule has 0 aliphatic carbocycles. The second-order valence-corrected chi connectivity index (χ2v) is 9.55. The Morgan fingerprint density at radius 3 is 2.66 bits per heavy atom. The summed E-state index contributed by atoms with van der Waals surface area (Å²) >= 11 is 0. The number of nitrogens with zero attached hydrogens (tertiary/aromatic N) is 2. The third kappa shape index (κ3) is 3.87. The fourth-order valence-electron chi connectivity index (χ4n) is 4.24. The van der Waals surface area contributed by atoms with E-state index in [0.717, 1.165) is 28.7 Å². The van der Waals surface area contributed by atoms with E-state index in [4.69, 9.17) is 23.5 Å². The van der Waals surface area contributed by atoms with Gasteiger partial charge in [-0.15, -0.1) is 0 Å². The molecular formula is C23H29BN2O6. The van der Waals surface area contributed by atoms with Crippen molar-refractivity contribution in [3.05, 3.63) is 40.3 Å². The van der Waals surface area contributed by atoms with Crippen LogP contribution in [0.3, 0.4) is 0 Å². The highest BCUT2D eigenvalue weighted by Gasteiger charge is 2.51. The van der Waals surface area contributed by atoms with Crippen LogP contribution in [0.5, 0.6) is 5.88 Å². The van der Waals surface area contributed by atoms with Crippen molar-refractivity contribution in [2.45, 2.75) is 58.0 Å². The van der Waals surface area contributed by atoms with E-state index < -0.39 is 18.3 Å². The molecule has 8 nitrogen and oxygen atoms in total. The minimum absolute atomic E-state index is 0.154. The predicted octanol–water partition coefficient (Wildman–Crippen LogP) is 1.56. The van der Waals surface area contributed by atoms with Crippen molar-refractivity contribution in [2.24, 2.45) is 0 Å². The molecular weight excluding hydrogens is 411 g/mol. The van der Waals surface area contributed by atoms with E-state index >= 15 is 0 Å². The second-order valence-electron chi connectivity index (χ2n) is 9.55. The summed E-state index contributed by atoms with van der Waals surface area (Å²) in [5, 5.41) is 0. The van der Waals surface area contributed by atoms with Gasteiger partial charge in [-0.25, -0.2) is 4.79 Å². The first-order chi connectivity index (χ1) is 15.2. The predicted molar refractivity (Wildman–Crippen MR) is 119 cm³/mol. The molecule has 2 aromatic rings. The number of hydrogen-bond donors (Lipinski definition) is 0. The van der Waals surface area contributed by atoms with E-state index in [1.54, 1.807) is 4.57 Å². The van der Waals surface area contributed by atoms with Crippen LogP contribution in [0.2, 0.25) is 0 Å². The first-order valence-corrected chi connectivity index (χ1v) is 11.2.